The number of aromatic amines is 1. The molecule has 1 saturated heterocycles. The largest absolute Gasteiger partial charge is 0.341 e. The van der Waals surface area contributed by atoms with E-state index in [1.54, 1.807) is 11.1 Å². The lowest BCUT2D eigenvalue weighted by Gasteiger charge is -2.40. The van der Waals surface area contributed by atoms with Crippen molar-refractivity contribution in [3.63, 3.8) is 0 Å². The number of carbonyl (C=O) groups excluding carboxylic acids is 1. The average Bonchev–Trinajstić information content (AvgIpc) is 2.90. The molecule has 0 bridgehead atoms. The molecule has 1 aliphatic heterocycles. The predicted molar refractivity (Wildman–Crippen MR) is 85.8 cm³/mol. The molecule has 23 heavy (non-hydrogen) atoms. The third-order valence-electron chi connectivity index (χ3n) is 6.05. The van der Waals surface area contributed by atoms with Crippen molar-refractivity contribution in [3.8, 4) is 0 Å². The highest BCUT2D eigenvalue weighted by Crippen LogP contribution is 2.44. The fraction of sp³-hybridized carbons (Fsp3) is 0.750. The van der Waals surface area contributed by atoms with Gasteiger partial charge in [0.15, 0.2) is 9.84 Å². The number of amides is 1. The quantitative estimate of drug-likeness (QED) is 0.839. The maximum atomic E-state index is 13.0. The second-order valence-corrected chi connectivity index (χ2v) is 9.68. The summed E-state index contributed by atoms with van der Waals surface area (Å²) in [4.78, 5) is 14.8. The van der Waals surface area contributed by atoms with Crippen LogP contribution in [0.1, 0.15) is 55.7 Å². The number of hydrogen-bond acceptors (Lipinski definition) is 4. The second-order valence-electron chi connectivity index (χ2n) is 7.18. The molecule has 7 heteroatoms. The average molecular weight is 337 g/mol. The Hall–Kier alpha value is -1.37. The fourth-order valence-electron chi connectivity index (χ4n) is 4.34. The van der Waals surface area contributed by atoms with Gasteiger partial charge in [0.1, 0.15) is 0 Å². The van der Waals surface area contributed by atoms with Gasteiger partial charge in [0, 0.05) is 24.3 Å². The summed E-state index contributed by atoms with van der Waals surface area (Å²) in [6.07, 6.45) is 7.65. The van der Waals surface area contributed by atoms with Crippen LogP contribution in [0.4, 0.5) is 0 Å². The summed E-state index contributed by atoms with van der Waals surface area (Å²) in [6.45, 7) is 0.911. The van der Waals surface area contributed by atoms with E-state index < -0.39 is 14.6 Å². The lowest BCUT2D eigenvalue weighted by Crippen LogP contribution is -2.46. The van der Waals surface area contributed by atoms with Crippen molar-refractivity contribution in [1.29, 1.82) is 0 Å². The molecule has 3 aliphatic rings. The topological polar surface area (TPSA) is 83.1 Å². The summed E-state index contributed by atoms with van der Waals surface area (Å²) in [6, 6.07) is 0. The van der Waals surface area contributed by atoms with Gasteiger partial charge in [0.25, 0.3) is 0 Å². The minimum atomic E-state index is -3.08. The monoisotopic (exact) mass is 337 g/mol. The Kier molecular flexibility index (Phi) is 3.51. The van der Waals surface area contributed by atoms with E-state index in [1.807, 2.05) is 0 Å². The maximum absolute atomic E-state index is 13.0. The maximum Gasteiger partial charge on any atom is 0.230 e. The molecule has 1 unspecified atom stereocenters. The summed E-state index contributed by atoms with van der Waals surface area (Å²) in [5, 5.41) is 7.06. The Balaban J connectivity index is 1.55. The zero-order valence-electron chi connectivity index (χ0n) is 13.3. The first-order valence-corrected chi connectivity index (χ1v) is 10.2. The van der Waals surface area contributed by atoms with E-state index in [0.717, 1.165) is 49.8 Å². The van der Waals surface area contributed by atoms with E-state index >= 15 is 0 Å². The number of aryl methyl sites for hydroxylation is 1. The van der Waals surface area contributed by atoms with E-state index in [0.29, 0.717) is 19.5 Å². The van der Waals surface area contributed by atoms with Crippen molar-refractivity contribution in [2.75, 3.05) is 18.8 Å². The van der Waals surface area contributed by atoms with Crippen molar-refractivity contribution in [3.05, 3.63) is 17.5 Å². The zero-order chi connectivity index (χ0) is 16.1. The molecule has 2 fully saturated rings. The van der Waals surface area contributed by atoms with Crippen LogP contribution >= 0.6 is 0 Å². The minimum absolute atomic E-state index is 0.0823. The van der Waals surface area contributed by atoms with Gasteiger partial charge in [-0.1, -0.05) is 6.42 Å². The number of rotatable bonds is 1. The Morgan fingerprint density at radius 2 is 2.09 bits per heavy atom. The van der Waals surface area contributed by atoms with Gasteiger partial charge in [0.05, 0.1) is 22.6 Å². The molecule has 4 rings (SSSR count). The molecule has 1 aromatic rings. The van der Waals surface area contributed by atoms with Gasteiger partial charge in [-0.15, -0.1) is 0 Å². The molecule has 0 radical (unpaired) electrons. The molecule has 2 heterocycles. The molecule has 126 valence electrons. The fourth-order valence-corrected chi connectivity index (χ4v) is 6.55. The Bertz CT molecular complexity index is 721. The number of nitrogens with zero attached hydrogens (tertiary/aromatic N) is 2. The highest BCUT2D eigenvalue weighted by molar-refractivity contribution is 7.92. The molecule has 2 aliphatic carbocycles. The first kappa shape index (κ1) is 15.2. The minimum Gasteiger partial charge on any atom is -0.341 e. The number of aromatic nitrogens is 2. The third kappa shape index (κ3) is 2.31. The first-order chi connectivity index (χ1) is 11.0. The van der Waals surface area contributed by atoms with Crippen molar-refractivity contribution in [1.82, 2.24) is 15.1 Å². The molecule has 1 atom stereocenters. The highest BCUT2D eigenvalue weighted by atomic mass is 32.2. The van der Waals surface area contributed by atoms with Gasteiger partial charge in [-0.3, -0.25) is 9.89 Å². The summed E-state index contributed by atoms with van der Waals surface area (Å²) >= 11 is 0. The van der Waals surface area contributed by atoms with Gasteiger partial charge in [-0.25, -0.2) is 8.42 Å². The molecule has 1 spiro atoms. The number of hydrogen-bond donors (Lipinski definition) is 1. The number of H-pyrrole nitrogens is 1. The summed E-state index contributed by atoms with van der Waals surface area (Å²) < 4.78 is 24.6. The van der Waals surface area contributed by atoms with Crippen LogP contribution in [-0.4, -0.2) is 53.0 Å². The lowest BCUT2D eigenvalue weighted by molar-refractivity contribution is -0.133. The second kappa shape index (κ2) is 5.33. The van der Waals surface area contributed by atoms with Crippen LogP contribution in [0, 0.1) is 0 Å². The Morgan fingerprint density at radius 3 is 2.83 bits per heavy atom. The normalized spacial score (nSPS) is 28.7. The molecule has 0 aromatic carbocycles. The van der Waals surface area contributed by atoms with Crippen molar-refractivity contribution in [2.45, 2.75) is 55.6 Å². The van der Waals surface area contributed by atoms with Crippen molar-refractivity contribution >= 4 is 15.7 Å². The van der Waals surface area contributed by atoms with Crippen LogP contribution in [-0.2, 0) is 21.1 Å². The van der Waals surface area contributed by atoms with Gasteiger partial charge < -0.3 is 4.90 Å². The van der Waals surface area contributed by atoms with E-state index in [9.17, 15) is 13.2 Å². The number of sulfone groups is 1. The number of nitrogens with one attached hydrogen (secondary N) is 1. The van der Waals surface area contributed by atoms with E-state index in [-0.39, 0.29) is 17.6 Å². The van der Waals surface area contributed by atoms with E-state index in [1.165, 1.54) is 0 Å². The molecular weight excluding hydrogens is 314 g/mol. The van der Waals surface area contributed by atoms with Crippen LogP contribution in [0.2, 0.25) is 0 Å². The highest BCUT2D eigenvalue weighted by Gasteiger charge is 2.50. The zero-order valence-corrected chi connectivity index (χ0v) is 14.1. The van der Waals surface area contributed by atoms with Crippen LogP contribution in [0.25, 0.3) is 0 Å². The first-order valence-electron chi connectivity index (χ1n) is 8.56. The summed E-state index contributed by atoms with van der Waals surface area (Å²) in [5.41, 5.74) is 2.07. The van der Waals surface area contributed by atoms with Gasteiger partial charge in [0.2, 0.25) is 5.91 Å². The Morgan fingerprint density at radius 1 is 1.26 bits per heavy atom. The van der Waals surface area contributed by atoms with Crippen LogP contribution in [0.15, 0.2) is 6.20 Å². The Labute approximate surface area is 136 Å². The molecule has 1 amide bonds. The third-order valence-corrected chi connectivity index (χ3v) is 8.70. The summed E-state index contributed by atoms with van der Waals surface area (Å²) in [7, 11) is -3.08. The molecule has 6 nitrogen and oxygen atoms in total. The van der Waals surface area contributed by atoms with Gasteiger partial charge in [-0.05, 0) is 38.5 Å². The smallest absolute Gasteiger partial charge is 0.230 e. The SMILES string of the molecule is O=C(C1CCCc2[nH]ncc21)N1CCC2(CCC2)S(=O)(=O)CC1. The van der Waals surface area contributed by atoms with Gasteiger partial charge in [-0.2, -0.15) is 5.10 Å². The van der Waals surface area contributed by atoms with Crippen LogP contribution in [0.5, 0.6) is 0 Å². The van der Waals surface area contributed by atoms with Crippen molar-refractivity contribution < 1.29 is 13.2 Å². The molecule has 1 N–H and O–H groups in total. The lowest BCUT2D eigenvalue weighted by atomic mass is 9.81. The molecule has 1 saturated carbocycles. The van der Waals surface area contributed by atoms with Crippen LogP contribution < -0.4 is 0 Å². The molecular formula is C16H23N3O3S. The number of fused-ring (bicyclic) bond motifs is 1. The van der Waals surface area contributed by atoms with E-state index in [4.69, 9.17) is 0 Å². The summed E-state index contributed by atoms with van der Waals surface area (Å²) in [5.74, 6) is 0.0403. The standard InChI is InChI=1S/C16H23N3O3S/c20-15(12-3-1-4-14-13(12)11-17-18-14)19-8-7-16(5-2-6-16)23(21,22)10-9-19/h11-12H,1-10H2,(H,17,18). The van der Waals surface area contributed by atoms with Crippen molar-refractivity contribution in [2.24, 2.45) is 0 Å². The molecule has 1 aromatic heterocycles. The number of carbonyl (C=O) groups is 1. The predicted octanol–water partition coefficient (Wildman–Crippen LogP) is 1.40. The van der Waals surface area contributed by atoms with Gasteiger partial charge >= 0.3 is 0 Å². The van der Waals surface area contributed by atoms with E-state index in [2.05, 4.69) is 10.2 Å². The van der Waals surface area contributed by atoms with Crippen LogP contribution in [0.3, 0.4) is 0 Å².